The highest BCUT2D eigenvalue weighted by atomic mass is 16.5. The second kappa shape index (κ2) is 9.08. The first-order chi connectivity index (χ1) is 12.0. The molecular weight excluding hydrogens is 316 g/mol. The van der Waals surface area contributed by atoms with E-state index in [4.69, 9.17) is 9.47 Å². The fourth-order valence-electron chi connectivity index (χ4n) is 2.48. The largest absolute Gasteiger partial charge is 0.497 e. The average Bonchev–Trinajstić information content (AvgIpc) is 2.65. The molecule has 25 heavy (non-hydrogen) atoms. The molecule has 1 amide bonds. The molecule has 0 spiro atoms. The maximum atomic E-state index is 12.4. The first-order valence-corrected chi connectivity index (χ1v) is 8.27. The van der Waals surface area contributed by atoms with E-state index in [9.17, 15) is 4.79 Å². The Morgan fingerprint density at radius 1 is 1.04 bits per heavy atom. The fraction of sp³-hybridized carbons (Fsp3) is 0.350. The van der Waals surface area contributed by atoms with Crippen molar-refractivity contribution < 1.29 is 14.3 Å². The van der Waals surface area contributed by atoms with Gasteiger partial charge in [0.15, 0.2) is 0 Å². The number of carbonyl (C=O) groups is 1. The molecule has 0 bridgehead atoms. The highest BCUT2D eigenvalue weighted by Crippen LogP contribution is 2.15. The number of hydrogen-bond donors (Lipinski definition) is 1. The fourth-order valence-corrected chi connectivity index (χ4v) is 2.48. The van der Waals surface area contributed by atoms with Crippen LogP contribution in [-0.4, -0.2) is 38.1 Å². The SMILES string of the molecule is COc1ccc(CNC(=O)[C@H](C)N(C)Cc2cccc(OC)c2)cc1. The summed E-state index contributed by atoms with van der Waals surface area (Å²) in [4.78, 5) is 14.4. The zero-order chi connectivity index (χ0) is 18.2. The van der Waals surface area contributed by atoms with Gasteiger partial charge >= 0.3 is 0 Å². The average molecular weight is 342 g/mol. The van der Waals surface area contributed by atoms with Gasteiger partial charge in [0.2, 0.25) is 5.91 Å². The monoisotopic (exact) mass is 342 g/mol. The lowest BCUT2D eigenvalue weighted by molar-refractivity contribution is -0.125. The van der Waals surface area contributed by atoms with Gasteiger partial charge in [-0.05, 0) is 49.4 Å². The van der Waals surface area contributed by atoms with Gasteiger partial charge < -0.3 is 14.8 Å². The Kier molecular flexibility index (Phi) is 6.83. The Hall–Kier alpha value is -2.53. The van der Waals surface area contributed by atoms with Gasteiger partial charge in [0.05, 0.1) is 20.3 Å². The molecule has 0 fully saturated rings. The maximum absolute atomic E-state index is 12.4. The summed E-state index contributed by atoms with van der Waals surface area (Å²) in [6.45, 7) is 3.08. The number of amides is 1. The van der Waals surface area contributed by atoms with E-state index in [1.165, 1.54) is 0 Å². The van der Waals surface area contributed by atoms with Crippen molar-refractivity contribution in [3.63, 3.8) is 0 Å². The van der Waals surface area contributed by atoms with Crippen LogP contribution >= 0.6 is 0 Å². The summed E-state index contributed by atoms with van der Waals surface area (Å²) < 4.78 is 10.4. The first-order valence-electron chi connectivity index (χ1n) is 8.27. The normalized spacial score (nSPS) is 11.9. The van der Waals surface area contributed by atoms with Gasteiger partial charge in [0, 0.05) is 13.1 Å². The van der Waals surface area contributed by atoms with E-state index in [1.54, 1.807) is 14.2 Å². The highest BCUT2D eigenvalue weighted by molar-refractivity contribution is 5.81. The minimum atomic E-state index is -0.232. The molecule has 0 saturated heterocycles. The summed E-state index contributed by atoms with van der Waals surface area (Å²) in [7, 11) is 5.23. The summed E-state index contributed by atoms with van der Waals surface area (Å²) >= 11 is 0. The molecule has 1 N–H and O–H groups in total. The van der Waals surface area contributed by atoms with Crippen LogP contribution in [0.5, 0.6) is 11.5 Å². The number of methoxy groups -OCH3 is 2. The van der Waals surface area contributed by atoms with Gasteiger partial charge in [-0.25, -0.2) is 0 Å². The highest BCUT2D eigenvalue weighted by Gasteiger charge is 2.18. The van der Waals surface area contributed by atoms with Crippen molar-refractivity contribution in [2.45, 2.75) is 26.1 Å². The molecule has 0 aliphatic heterocycles. The number of likely N-dealkylation sites (N-methyl/N-ethyl adjacent to an activating group) is 1. The summed E-state index contributed by atoms with van der Waals surface area (Å²) in [6.07, 6.45) is 0. The molecule has 0 heterocycles. The lowest BCUT2D eigenvalue weighted by Crippen LogP contribution is -2.42. The van der Waals surface area contributed by atoms with E-state index >= 15 is 0 Å². The number of nitrogens with zero attached hydrogens (tertiary/aromatic N) is 1. The van der Waals surface area contributed by atoms with Gasteiger partial charge in [-0.3, -0.25) is 9.69 Å². The minimum Gasteiger partial charge on any atom is -0.497 e. The lowest BCUT2D eigenvalue weighted by atomic mass is 10.1. The van der Waals surface area contributed by atoms with Crippen molar-refractivity contribution in [3.8, 4) is 11.5 Å². The Morgan fingerprint density at radius 2 is 1.72 bits per heavy atom. The second-order valence-corrected chi connectivity index (χ2v) is 6.01. The van der Waals surface area contributed by atoms with E-state index in [-0.39, 0.29) is 11.9 Å². The zero-order valence-corrected chi connectivity index (χ0v) is 15.3. The molecule has 2 aromatic carbocycles. The smallest absolute Gasteiger partial charge is 0.237 e. The molecule has 5 heteroatoms. The van der Waals surface area contributed by atoms with Crippen molar-refractivity contribution in [1.29, 1.82) is 0 Å². The maximum Gasteiger partial charge on any atom is 0.237 e. The molecule has 5 nitrogen and oxygen atoms in total. The van der Waals surface area contributed by atoms with Gasteiger partial charge in [0.1, 0.15) is 11.5 Å². The van der Waals surface area contributed by atoms with Crippen molar-refractivity contribution >= 4 is 5.91 Å². The number of carbonyl (C=O) groups excluding carboxylic acids is 1. The summed E-state index contributed by atoms with van der Waals surface area (Å²) in [6, 6.07) is 15.3. The van der Waals surface area contributed by atoms with Crippen molar-refractivity contribution in [1.82, 2.24) is 10.2 Å². The predicted molar refractivity (Wildman–Crippen MR) is 98.8 cm³/mol. The quantitative estimate of drug-likeness (QED) is 0.801. The Labute approximate surface area is 149 Å². The third-order valence-electron chi connectivity index (χ3n) is 4.23. The van der Waals surface area contributed by atoms with Crippen molar-refractivity contribution in [2.24, 2.45) is 0 Å². The summed E-state index contributed by atoms with van der Waals surface area (Å²) in [5, 5.41) is 2.98. The van der Waals surface area contributed by atoms with Crippen molar-refractivity contribution in [3.05, 3.63) is 59.7 Å². The van der Waals surface area contributed by atoms with Crippen LogP contribution in [-0.2, 0) is 17.9 Å². The molecule has 0 aromatic heterocycles. The van der Waals surface area contributed by atoms with E-state index in [2.05, 4.69) is 5.32 Å². The number of rotatable bonds is 8. The molecule has 0 radical (unpaired) electrons. The molecule has 0 aliphatic rings. The summed E-state index contributed by atoms with van der Waals surface area (Å²) in [5.41, 5.74) is 2.15. The van der Waals surface area contributed by atoms with Crippen molar-refractivity contribution in [2.75, 3.05) is 21.3 Å². The molecule has 2 aromatic rings. The van der Waals surface area contributed by atoms with Gasteiger partial charge in [-0.1, -0.05) is 24.3 Å². The summed E-state index contributed by atoms with van der Waals surface area (Å²) in [5.74, 6) is 1.63. The third kappa shape index (κ3) is 5.50. The zero-order valence-electron chi connectivity index (χ0n) is 15.3. The van der Waals surface area contributed by atoms with Gasteiger partial charge in [-0.2, -0.15) is 0 Å². The molecule has 0 unspecified atom stereocenters. The van der Waals surface area contributed by atoms with Crippen LogP contribution < -0.4 is 14.8 Å². The van der Waals surface area contributed by atoms with Crippen LogP contribution in [0.25, 0.3) is 0 Å². The van der Waals surface area contributed by atoms with Crippen LogP contribution in [0.3, 0.4) is 0 Å². The number of nitrogens with one attached hydrogen (secondary N) is 1. The number of hydrogen-bond acceptors (Lipinski definition) is 4. The molecular formula is C20H26N2O3. The lowest BCUT2D eigenvalue weighted by Gasteiger charge is -2.24. The van der Waals surface area contributed by atoms with Crippen LogP contribution in [0.4, 0.5) is 0 Å². The van der Waals surface area contributed by atoms with Crippen LogP contribution in [0.1, 0.15) is 18.1 Å². The van der Waals surface area contributed by atoms with Crippen LogP contribution in [0.2, 0.25) is 0 Å². The van der Waals surface area contributed by atoms with Gasteiger partial charge in [-0.15, -0.1) is 0 Å². The van der Waals surface area contributed by atoms with Crippen LogP contribution in [0, 0.1) is 0 Å². The van der Waals surface area contributed by atoms with E-state index < -0.39 is 0 Å². The Morgan fingerprint density at radius 3 is 2.36 bits per heavy atom. The predicted octanol–water partition coefficient (Wildman–Crippen LogP) is 2.84. The first kappa shape index (κ1) is 18.8. The van der Waals surface area contributed by atoms with E-state index in [1.807, 2.05) is 67.4 Å². The number of ether oxygens (including phenoxy) is 2. The third-order valence-corrected chi connectivity index (χ3v) is 4.23. The molecule has 0 aliphatic carbocycles. The standard InChI is InChI=1S/C20H26N2O3/c1-15(22(2)14-17-6-5-7-19(12-17)25-4)20(23)21-13-16-8-10-18(24-3)11-9-16/h5-12,15H,13-14H2,1-4H3,(H,21,23)/t15-/m0/s1. The topological polar surface area (TPSA) is 50.8 Å². The molecule has 0 saturated carbocycles. The molecule has 134 valence electrons. The number of benzene rings is 2. The van der Waals surface area contributed by atoms with E-state index in [0.29, 0.717) is 13.1 Å². The van der Waals surface area contributed by atoms with Crippen LogP contribution in [0.15, 0.2) is 48.5 Å². The molecule has 1 atom stereocenters. The van der Waals surface area contributed by atoms with E-state index in [0.717, 1.165) is 22.6 Å². The Balaban J connectivity index is 1.87. The Bertz CT molecular complexity index is 686. The van der Waals surface area contributed by atoms with Gasteiger partial charge in [0.25, 0.3) is 0 Å². The minimum absolute atomic E-state index is 0.00112. The second-order valence-electron chi connectivity index (χ2n) is 6.01. The molecule has 2 rings (SSSR count).